The number of rotatable bonds is 6. The number of aromatic nitrogens is 1. The van der Waals surface area contributed by atoms with Gasteiger partial charge in [0.25, 0.3) is 0 Å². The molecule has 1 heterocycles. The molecule has 1 aromatic heterocycles. The fourth-order valence-corrected chi connectivity index (χ4v) is 2.42. The smallest absolute Gasteiger partial charge is 0.123 e. The Bertz CT molecular complexity index is 514. The first kappa shape index (κ1) is 13.8. The summed E-state index contributed by atoms with van der Waals surface area (Å²) in [5, 5.41) is 3.46. The van der Waals surface area contributed by atoms with Crippen LogP contribution in [0, 0.1) is 0 Å². The highest BCUT2D eigenvalue weighted by molar-refractivity contribution is 7.09. The van der Waals surface area contributed by atoms with Crippen LogP contribution in [0.2, 0.25) is 0 Å². The zero-order chi connectivity index (χ0) is 13.7. The Kier molecular flexibility index (Phi) is 4.76. The monoisotopic (exact) mass is 278 g/mol. The third kappa shape index (κ3) is 3.45. The standard InChI is InChI=1S/C14H18N2O2S/c1-10(16-8-12-7-15-9-19-12)13-6-11(17-2)4-5-14(13)18-3/h4-7,9-10,16H,8H2,1-3H3. The number of thiazole rings is 1. The first-order valence-corrected chi connectivity index (χ1v) is 6.95. The molecule has 0 aliphatic rings. The van der Waals surface area contributed by atoms with Crippen molar-refractivity contribution in [2.45, 2.75) is 19.5 Å². The molecule has 4 nitrogen and oxygen atoms in total. The average molecular weight is 278 g/mol. The van der Waals surface area contributed by atoms with Gasteiger partial charge in [-0.1, -0.05) is 0 Å². The van der Waals surface area contributed by atoms with Gasteiger partial charge in [-0.25, -0.2) is 0 Å². The van der Waals surface area contributed by atoms with E-state index in [2.05, 4.69) is 17.2 Å². The summed E-state index contributed by atoms with van der Waals surface area (Å²) in [6, 6.07) is 6.01. The van der Waals surface area contributed by atoms with E-state index in [0.29, 0.717) is 0 Å². The van der Waals surface area contributed by atoms with E-state index >= 15 is 0 Å². The fraction of sp³-hybridized carbons (Fsp3) is 0.357. The Labute approximate surface area is 117 Å². The summed E-state index contributed by atoms with van der Waals surface area (Å²) in [4.78, 5) is 5.28. The van der Waals surface area contributed by atoms with Crippen molar-refractivity contribution in [3.05, 3.63) is 40.3 Å². The van der Waals surface area contributed by atoms with Gasteiger partial charge in [0.1, 0.15) is 11.5 Å². The van der Waals surface area contributed by atoms with Gasteiger partial charge in [0, 0.05) is 29.2 Å². The number of nitrogens with one attached hydrogen (secondary N) is 1. The van der Waals surface area contributed by atoms with Gasteiger partial charge >= 0.3 is 0 Å². The molecule has 0 fully saturated rings. The summed E-state index contributed by atoms with van der Waals surface area (Å²) in [5.74, 6) is 1.70. The van der Waals surface area contributed by atoms with Crippen molar-refractivity contribution in [3.8, 4) is 11.5 Å². The zero-order valence-corrected chi connectivity index (χ0v) is 12.2. The lowest BCUT2D eigenvalue weighted by molar-refractivity contribution is 0.391. The SMILES string of the molecule is COc1ccc(OC)c(C(C)NCc2cncs2)c1. The van der Waals surface area contributed by atoms with Gasteiger partial charge in [-0.05, 0) is 25.1 Å². The van der Waals surface area contributed by atoms with Gasteiger partial charge in [-0.3, -0.25) is 4.98 Å². The number of ether oxygens (including phenoxy) is 2. The Morgan fingerprint density at radius 3 is 2.79 bits per heavy atom. The molecular formula is C14H18N2O2S. The topological polar surface area (TPSA) is 43.4 Å². The summed E-state index contributed by atoms with van der Waals surface area (Å²) in [6.07, 6.45) is 1.88. The van der Waals surface area contributed by atoms with Crippen LogP contribution in [0.15, 0.2) is 29.9 Å². The summed E-state index contributed by atoms with van der Waals surface area (Å²) in [6.45, 7) is 2.91. The predicted molar refractivity (Wildman–Crippen MR) is 76.9 cm³/mol. The highest BCUT2D eigenvalue weighted by Gasteiger charge is 2.12. The molecule has 0 amide bonds. The van der Waals surface area contributed by atoms with Crippen LogP contribution in [0.1, 0.15) is 23.4 Å². The quantitative estimate of drug-likeness (QED) is 0.882. The van der Waals surface area contributed by atoms with Gasteiger partial charge in [0.05, 0.1) is 19.7 Å². The molecule has 0 aliphatic heterocycles. The van der Waals surface area contributed by atoms with Crippen molar-refractivity contribution in [1.82, 2.24) is 10.3 Å². The van der Waals surface area contributed by atoms with Crippen LogP contribution in [0.25, 0.3) is 0 Å². The molecule has 0 saturated carbocycles. The summed E-state index contributed by atoms with van der Waals surface area (Å²) in [5.41, 5.74) is 2.93. The van der Waals surface area contributed by atoms with Crippen molar-refractivity contribution in [1.29, 1.82) is 0 Å². The lowest BCUT2D eigenvalue weighted by Gasteiger charge is -2.17. The second kappa shape index (κ2) is 6.54. The van der Waals surface area contributed by atoms with E-state index in [1.165, 1.54) is 4.88 Å². The van der Waals surface area contributed by atoms with E-state index in [4.69, 9.17) is 9.47 Å². The molecule has 0 radical (unpaired) electrons. The molecule has 0 saturated heterocycles. The van der Waals surface area contributed by atoms with Gasteiger partial charge in [-0.15, -0.1) is 11.3 Å². The third-order valence-electron chi connectivity index (χ3n) is 2.97. The largest absolute Gasteiger partial charge is 0.497 e. The van der Waals surface area contributed by atoms with E-state index < -0.39 is 0 Å². The minimum atomic E-state index is 0.173. The highest BCUT2D eigenvalue weighted by Crippen LogP contribution is 2.29. The van der Waals surface area contributed by atoms with Gasteiger partial charge in [0.15, 0.2) is 0 Å². The molecule has 5 heteroatoms. The van der Waals surface area contributed by atoms with Crippen LogP contribution in [0.5, 0.6) is 11.5 Å². The molecule has 1 atom stereocenters. The molecule has 0 aliphatic carbocycles. The summed E-state index contributed by atoms with van der Waals surface area (Å²) in [7, 11) is 3.35. The van der Waals surface area contributed by atoms with E-state index in [1.807, 2.05) is 29.9 Å². The van der Waals surface area contributed by atoms with Crippen LogP contribution >= 0.6 is 11.3 Å². The molecule has 1 unspecified atom stereocenters. The molecular weight excluding hydrogens is 260 g/mol. The Morgan fingerprint density at radius 1 is 1.32 bits per heavy atom. The predicted octanol–water partition coefficient (Wildman–Crippen LogP) is 3.01. The molecule has 102 valence electrons. The van der Waals surface area contributed by atoms with Gasteiger partial charge < -0.3 is 14.8 Å². The van der Waals surface area contributed by atoms with Crippen LogP contribution in [0.4, 0.5) is 0 Å². The maximum absolute atomic E-state index is 5.40. The molecule has 1 aromatic carbocycles. The second-order valence-electron chi connectivity index (χ2n) is 4.18. The molecule has 19 heavy (non-hydrogen) atoms. The summed E-state index contributed by atoms with van der Waals surface area (Å²) >= 11 is 1.65. The maximum Gasteiger partial charge on any atom is 0.123 e. The average Bonchev–Trinajstić information content (AvgIpc) is 2.97. The fourth-order valence-electron chi connectivity index (χ4n) is 1.87. The van der Waals surface area contributed by atoms with Crippen LogP contribution < -0.4 is 14.8 Å². The molecule has 2 aromatic rings. The highest BCUT2D eigenvalue weighted by atomic mass is 32.1. The Hall–Kier alpha value is -1.59. The van der Waals surface area contributed by atoms with Crippen LogP contribution in [0.3, 0.4) is 0 Å². The van der Waals surface area contributed by atoms with E-state index in [0.717, 1.165) is 23.6 Å². The molecule has 0 bridgehead atoms. The number of methoxy groups -OCH3 is 2. The number of hydrogen-bond donors (Lipinski definition) is 1. The van der Waals surface area contributed by atoms with Crippen molar-refractivity contribution >= 4 is 11.3 Å². The first-order chi connectivity index (χ1) is 9.24. The van der Waals surface area contributed by atoms with E-state index in [-0.39, 0.29) is 6.04 Å². The van der Waals surface area contributed by atoms with Crippen molar-refractivity contribution in [2.24, 2.45) is 0 Å². The number of nitrogens with zero attached hydrogens (tertiary/aromatic N) is 1. The lowest BCUT2D eigenvalue weighted by Crippen LogP contribution is -2.18. The van der Waals surface area contributed by atoms with Crippen LogP contribution in [-0.4, -0.2) is 19.2 Å². The van der Waals surface area contributed by atoms with Gasteiger partial charge in [-0.2, -0.15) is 0 Å². The summed E-state index contributed by atoms with van der Waals surface area (Å²) < 4.78 is 10.7. The minimum absolute atomic E-state index is 0.173. The third-order valence-corrected chi connectivity index (χ3v) is 3.75. The van der Waals surface area contributed by atoms with E-state index in [1.54, 1.807) is 25.6 Å². The second-order valence-corrected chi connectivity index (χ2v) is 5.15. The number of benzene rings is 1. The minimum Gasteiger partial charge on any atom is -0.497 e. The molecule has 0 spiro atoms. The Morgan fingerprint density at radius 2 is 2.16 bits per heavy atom. The lowest BCUT2D eigenvalue weighted by atomic mass is 10.1. The number of hydrogen-bond acceptors (Lipinski definition) is 5. The van der Waals surface area contributed by atoms with Crippen molar-refractivity contribution in [2.75, 3.05) is 14.2 Å². The maximum atomic E-state index is 5.40. The van der Waals surface area contributed by atoms with Crippen molar-refractivity contribution < 1.29 is 9.47 Å². The first-order valence-electron chi connectivity index (χ1n) is 6.07. The van der Waals surface area contributed by atoms with Crippen LogP contribution in [-0.2, 0) is 6.54 Å². The van der Waals surface area contributed by atoms with Crippen molar-refractivity contribution in [3.63, 3.8) is 0 Å². The van der Waals surface area contributed by atoms with E-state index in [9.17, 15) is 0 Å². The molecule has 1 N–H and O–H groups in total. The Balaban J connectivity index is 2.10. The normalized spacial score (nSPS) is 12.2. The zero-order valence-electron chi connectivity index (χ0n) is 11.3. The molecule has 2 rings (SSSR count). The van der Waals surface area contributed by atoms with Gasteiger partial charge in [0.2, 0.25) is 0 Å².